The molecule has 7 heteroatoms. The average molecular weight is 229 g/mol. The molecule has 0 saturated carbocycles. The number of rotatable bonds is 3. The summed E-state index contributed by atoms with van der Waals surface area (Å²) in [5.41, 5.74) is 7.47. The van der Waals surface area contributed by atoms with Crippen molar-refractivity contribution >= 4 is 23.3 Å². The van der Waals surface area contributed by atoms with E-state index in [0.717, 1.165) is 0 Å². The topological polar surface area (TPSA) is 114 Å². The fourth-order valence-electron chi connectivity index (χ4n) is 0.918. The van der Waals surface area contributed by atoms with E-state index in [-0.39, 0.29) is 17.1 Å². The Morgan fingerprint density at radius 1 is 1.53 bits per heavy atom. The van der Waals surface area contributed by atoms with Crippen molar-refractivity contribution in [3.8, 4) is 0 Å². The smallest absolute Gasteiger partial charge is 0.355 e. The van der Waals surface area contributed by atoms with Gasteiger partial charge in [0.15, 0.2) is 5.70 Å². The lowest BCUT2D eigenvalue weighted by Crippen LogP contribution is -2.29. The molecular weight excluding hydrogens is 220 g/mol. The van der Waals surface area contributed by atoms with Gasteiger partial charge in [-0.25, -0.2) is 4.79 Å². The Hall–Kier alpha value is -1.79. The molecular formula is C8H9ClN4O2. The van der Waals surface area contributed by atoms with Gasteiger partial charge in [-0.3, -0.25) is 10.8 Å². The number of halogens is 1. The molecule has 0 unspecified atom stereocenters. The molecule has 6 nitrogen and oxygen atoms in total. The molecule has 1 aromatic rings. The van der Waals surface area contributed by atoms with Crippen LogP contribution in [-0.2, 0) is 4.79 Å². The van der Waals surface area contributed by atoms with Gasteiger partial charge in [-0.2, -0.15) is 0 Å². The van der Waals surface area contributed by atoms with Crippen LogP contribution >= 0.6 is 11.6 Å². The maximum absolute atomic E-state index is 10.7. The van der Waals surface area contributed by atoms with Crippen molar-refractivity contribution in [2.75, 3.05) is 0 Å². The number of aliphatic carboxylic acids is 1. The summed E-state index contributed by atoms with van der Waals surface area (Å²) in [4.78, 5) is 14.5. The lowest BCUT2D eigenvalue weighted by atomic mass is 10.2. The molecule has 80 valence electrons. The molecule has 1 heterocycles. The molecule has 0 saturated heterocycles. The summed E-state index contributed by atoms with van der Waals surface area (Å²) in [6.45, 7) is 0. The zero-order valence-corrected chi connectivity index (χ0v) is 8.32. The van der Waals surface area contributed by atoms with Crippen LogP contribution < -0.4 is 17.0 Å². The molecule has 1 rings (SSSR count). The number of hydrazine groups is 1. The largest absolute Gasteiger partial charge is 0.476 e. The van der Waals surface area contributed by atoms with E-state index in [9.17, 15) is 4.79 Å². The zero-order valence-electron chi connectivity index (χ0n) is 7.57. The highest BCUT2D eigenvalue weighted by Gasteiger charge is 2.12. The first-order valence-corrected chi connectivity index (χ1v) is 4.25. The number of nitrogens with one attached hydrogen (secondary N) is 1. The van der Waals surface area contributed by atoms with E-state index in [1.54, 1.807) is 6.07 Å². The second kappa shape index (κ2) is 4.63. The van der Waals surface area contributed by atoms with Crippen molar-refractivity contribution in [2.45, 2.75) is 0 Å². The molecule has 0 bridgehead atoms. The number of nitrogens with two attached hydrogens (primary N) is 2. The summed E-state index contributed by atoms with van der Waals surface area (Å²) in [5.74, 6) is 3.76. The van der Waals surface area contributed by atoms with Crippen LogP contribution in [0.25, 0.3) is 5.70 Å². The third kappa shape index (κ3) is 2.58. The van der Waals surface area contributed by atoms with Gasteiger partial charge in [-0.05, 0) is 12.1 Å². The van der Waals surface area contributed by atoms with Gasteiger partial charge in [-0.15, -0.1) is 0 Å². The fraction of sp³-hybridized carbons (Fsp3) is 0. The molecule has 0 aromatic carbocycles. The van der Waals surface area contributed by atoms with Gasteiger partial charge in [0.05, 0.1) is 16.4 Å². The number of carboxylic acids is 1. The van der Waals surface area contributed by atoms with E-state index in [1.807, 2.05) is 5.43 Å². The zero-order chi connectivity index (χ0) is 11.4. The maximum Gasteiger partial charge on any atom is 0.355 e. The Kier molecular flexibility index (Phi) is 3.48. The highest BCUT2D eigenvalue weighted by molar-refractivity contribution is 6.30. The van der Waals surface area contributed by atoms with Crippen LogP contribution in [0.3, 0.4) is 0 Å². The molecule has 0 aliphatic carbocycles. The molecule has 0 aliphatic rings. The summed E-state index contributed by atoms with van der Waals surface area (Å²) in [5, 5.41) is 9.16. The number of aromatic nitrogens is 1. The molecule has 0 spiro atoms. The Morgan fingerprint density at radius 3 is 2.60 bits per heavy atom. The molecule has 0 amide bonds. The first-order valence-electron chi connectivity index (χ1n) is 3.88. The fourth-order valence-corrected chi connectivity index (χ4v) is 1.03. The van der Waals surface area contributed by atoms with Gasteiger partial charge in [0.25, 0.3) is 0 Å². The predicted molar refractivity (Wildman–Crippen MR) is 55.3 cm³/mol. The van der Waals surface area contributed by atoms with Crippen LogP contribution in [-0.4, -0.2) is 16.1 Å². The Morgan fingerprint density at radius 2 is 2.20 bits per heavy atom. The molecule has 0 atom stereocenters. The van der Waals surface area contributed by atoms with Gasteiger partial charge in [0.2, 0.25) is 0 Å². The highest BCUT2D eigenvalue weighted by atomic mass is 35.5. The average Bonchev–Trinajstić information content (AvgIpc) is 2.19. The number of carbonyl (C=O) groups is 1. The standard InChI is InChI=1S/C8H9ClN4O2/c9-4-1-2-5(12-3-4)6(10)7(13-11)8(14)15/h1-3,13H,10-11H2,(H,14,15)/b7-6-. The van der Waals surface area contributed by atoms with Crippen molar-refractivity contribution in [3.05, 3.63) is 34.7 Å². The normalized spacial score (nSPS) is 11.9. The predicted octanol–water partition coefficient (Wildman–Crippen LogP) is -0.0898. The van der Waals surface area contributed by atoms with Gasteiger partial charge in [0, 0.05) is 6.20 Å². The molecule has 0 aliphatic heterocycles. The van der Waals surface area contributed by atoms with Gasteiger partial charge in [-0.1, -0.05) is 11.6 Å². The van der Waals surface area contributed by atoms with Crippen LogP contribution in [0.15, 0.2) is 24.0 Å². The maximum atomic E-state index is 10.7. The lowest BCUT2D eigenvalue weighted by Gasteiger charge is -2.06. The number of hydrogen-bond acceptors (Lipinski definition) is 5. The second-order valence-corrected chi connectivity index (χ2v) is 3.04. The number of pyridine rings is 1. The summed E-state index contributed by atoms with van der Waals surface area (Å²) < 4.78 is 0. The molecule has 6 N–H and O–H groups in total. The van der Waals surface area contributed by atoms with Crippen molar-refractivity contribution in [1.29, 1.82) is 0 Å². The molecule has 15 heavy (non-hydrogen) atoms. The number of nitrogens with zero attached hydrogens (tertiary/aromatic N) is 1. The van der Waals surface area contributed by atoms with Gasteiger partial charge >= 0.3 is 5.97 Å². The Bertz CT molecular complexity index is 402. The summed E-state index contributed by atoms with van der Waals surface area (Å²) in [6.07, 6.45) is 1.36. The summed E-state index contributed by atoms with van der Waals surface area (Å²) >= 11 is 5.62. The van der Waals surface area contributed by atoms with Crippen molar-refractivity contribution in [1.82, 2.24) is 10.4 Å². The van der Waals surface area contributed by atoms with Gasteiger partial charge in [0.1, 0.15) is 0 Å². The second-order valence-electron chi connectivity index (χ2n) is 2.60. The third-order valence-corrected chi connectivity index (χ3v) is 1.85. The quantitative estimate of drug-likeness (QED) is 0.327. The molecule has 1 aromatic heterocycles. The molecule has 0 radical (unpaired) electrons. The monoisotopic (exact) mass is 228 g/mol. The van der Waals surface area contributed by atoms with Crippen LogP contribution in [0, 0.1) is 0 Å². The first kappa shape index (κ1) is 11.3. The minimum atomic E-state index is -1.26. The van der Waals surface area contributed by atoms with E-state index in [1.165, 1.54) is 12.3 Å². The minimum Gasteiger partial charge on any atom is -0.476 e. The SMILES string of the molecule is NN/C(C(=O)O)=C(\N)c1ccc(Cl)cn1. The Labute approximate surface area is 90.5 Å². The van der Waals surface area contributed by atoms with Crippen LogP contribution in [0.2, 0.25) is 5.02 Å². The van der Waals surface area contributed by atoms with Crippen LogP contribution in [0.4, 0.5) is 0 Å². The van der Waals surface area contributed by atoms with Crippen LogP contribution in [0.5, 0.6) is 0 Å². The summed E-state index contributed by atoms with van der Waals surface area (Å²) in [7, 11) is 0. The van der Waals surface area contributed by atoms with E-state index in [0.29, 0.717) is 5.02 Å². The van der Waals surface area contributed by atoms with E-state index in [2.05, 4.69) is 4.98 Å². The molecule has 0 fully saturated rings. The highest BCUT2D eigenvalue weighted by Crippen LogP contribution is 2.12. The third-order valence-electron chi connectivity index (χ3n) is 1.63. The summed E-state index contributed by atoms with van der Waals surface area (Å²) in [6, 6.07) is 3.05. The minimum absolute atomic E-state index is 0.0540. The van der Waals surface area contributed by atoms with Crippen molar-refractivity contribution in [3.63, 3.8) is 0 Å². The van der Waals surface area contributed by atoms with E-state index < -0.39 is 5.97 Å². The van der Waals surface area contributed by atoms with Gasteiger partial charge < -0.3 is 16.3 Å². The number of hydrogen-bond donors (Lipinski definition) is 4. The van der Waals surface area contributed by atoms with Crippen molar-refractivity contribution in [2.24, 2.45) is 11.6 Å². The van der Waals surface area contributed by atoms with Crippen LogP contribution in [0.1, 0.15) is 5.69 Å². The van der Waals surface area contributed by atoms with E-state index >= 15 is 0 Å². The first-order chi connectivity index (χ1) is 7.06. The van der Waals surface area contributed by atoms with E-state index in [4.69, 9.17) is 28.3 Å². The number of carboxylic acid groups (broad SMARTS) is 1. The lowest BCUT2D eigenvalue weighted by molar-refractivity contribution is -0.133. The Balaban J connectivity index is 3.16. The van der Waals surface area contributed by atoms with Crippen molar-refractivity contribution < 1.29 is 9.90 Å².